The number of carbonyl (C=O) groups is 2. The fourth-order valence-corrected chi connectivity index (χ4v) is 5.33. The second-order valence-electron chi connectivity index (χ2n) is 9.61. The van der Waals surface area contributed by atoms with Crippen molar-refractivity contribution in [1.82, 2.24) is 10.2 Å². The van der Waals surface area contributed by atoms with Gasteiger partial charge in [-0.1, -0.05) is 12.1 Å². The van der Waals surface area contributed by atoms with Gasteiger partial charge >= 0.3 is 6.18 Å². The van der Waals surface area contributed by atoms with Crippen LogP contribution in [0.25, 0.3) is 0 Å². The number of ether oxygens (including phenoxy) is 2. The summed E-state index contributed by atoms with van der Waals surface area (Å²) in [6.07, 6.45) is -4.26. The summed E-state index contributed by atoms with van der Waals surface area (Å²) in [6, 6.07) is 10.1. The van der Waals surface area contributed by atoms with Crippen molar-refractivity contribution in [2.45, 2.75) is 49.8 Å². The van der Waals surface area contributed by atoms with Crippen LogP contribution in [0.1, 0.15) is 35.2 Å². The van der Waals surface area contributed by atoms with E-state index >= 15 is 0 Å². The summed E-state index contributed by atoms with van der Waals surface area (Å²) in [7, 11) is 0. The highest BCUT2D eigenvalue weighted by molar-refractivity contribution is 14.1. The van der Waals surface area contributed by atoms with Crippen LogP contribution in [-0.2, 0) is 15.7 Å². The first-order valence-electron chi connectivity index (χ1n) is 12.9. The molecule has 1 aliphatic carbocycles. The van der Waals surface area contributed by atoms with Crippen LogP contribution in [0.15, 0.2) is 60.2 Å². The van der Waals surface area contributed by atoms with Crippen molar-refractivity contribution >= 4 is 34.4 Å². The number of alkyl halides is 3. The highest BCUT2D eigenvalue weighted by Crippen LogP contribution is 2.32. The van der Waals surface area contributed by atoms with E-state index in [1.807, 2.05) is 12.1 Å². The minimum absolute atomic E-state index is 0.00843. The van der Waals surface area contributed by atoms with Gasteiger partial charge in [0.1, 0.15) is 18.0 Å². The van der Waals surface area contributed by atoms with E-state index in [0.717, 1.165) is 34.3 Å². The molecule has 0 aromatic heterocycles. The van der Waals surface area contributed by atoms with Gasteiger partial charge in [-0.05, 0) is 77.9 Å². The third-order valence-corrected chi connectivity index (χ3v) is 7.75. The quantitative estimate of drug-likeness (QED) is 0.352. The van der Waals surface area contributed by atoms with Crippen molar-refractivity contribution in [2.24, 2.45) is 0 Å². The molecule has 8 nitrogen and oxygen atoms in total. The van der Waals surface area contributed by atoms with Crippen molar-refractivity contribution in [1.29, 1.82) is 0 Å². The summed E-state index contributed by atoms with van der Waals surface area (Å²) in [5.74, 6) is -0.612. The second-order valence-corrected chi connectivity index (χ2v) is 10.8. The molecule has 2 aromatic carbocycles. The van der Waals surface area contributed by atoms with Crippen LogP contribution in [-0.4, -0.2) is 77.6 Å². The van der Waals surface area contributed by atoms with E-state index in [1.165, 1.54) is 11.0 Å². The van der Waals surface area contributed by atoms with Crippen LogP contribution in [0.4, 0.5) is 13.2 Å². The molecule has 1 heterocycles. The molecule has 3 N–H and O–H groups in total. The third-order valence-electron chi connectivity index (χ3n) is 6.86. The molecular weight excluding hydrogens is 644 g/mol. The minimum Gasteiger partial charge on any atom is -0.482 e. The number of nitrogens with one attached hydrogen (secondary N) is 1. The average Bonchev–Trinajstić information content (AvgIpc) is 3.45. The number of benzene rings is 2. The van der Waals surface area contributed by atoms with Gasteiger partial charge in [0.15, 0.2) is 0 Å². The number of hydrogen-bond donors (Lipinski definition) is 3. The lowest BCUT2D eigenvalue weighted by atomic mass is 9.87. The summed E-state index contributed by atoms with van der Waals surface area (Å²) in [5.41, 5.74) is -0.629. The Morgan fingerprint density at radius 1 is 1.15 bits per heavy atom. The Bertz CT molecular complexity index is 1220. The van der Waals surface area contributed by atoms with Crippen LogP contribution in [0.2, 0.25) is 0 Å². The summed E-state index contributed by atoms with van der Waals surface area (Å²) < 4.78 is 52.0. The van der Waals surface area contributed by atoms with Gasteiger partial charge in [0.25, 0.3) is 5.91 Å². The molecular formula is C28H30F3IN2O6. The number of aliphatic hydroxyl groups excluding tert-OH is 2. The van der Waals surface area contributed by atoms with Crippen LogP contribution < -0.4 is 10.1 Å². The van der Waals surface area contributed by atoms with Crippen molar-refractivity contribution in [2.75, 3.05) is 26.3 Å². The first kappa shape index (κ1) is 30.3. The van der Waals surface area contributed by atoms with Gasteiger partial charge in [0, 0.05) is 37.3 Å². The Labute approximate surface area is 243 Å². The fraction of sp³-hybridized carbons (Fsp3) is 0.429. The monoisotopic (exact) mass is 674 g/mol. The molecule has 0 unspecified atom stereocenters. The van der Waals surface area contributed by atoms with E-state index in [1.54, 1.807) is 12.1 Å². The molecule has 216 valence electrons. The van der Waals surface area contributed by atoms with E-state index in [0.29, 0.717) is 18.8 Å². The predicted octanol–water partition coefficient (Wildman–Crippen LogP) is 3.55. The van der Waals surface area contributed by atoms with Crippen molar-refractivity contribution < 1.29 is 42.4 Å². The standard InChI is InChI=1S/C28H30F3IN2O6/c29-28(30,31)19-9-7-17(8-10-19)27(38)34(16-20-4-3-13-39-20)22-14-18(26(37)33-11-12-35)15-24(25(22)36)40-23-6-2-1-5-21(23)32/h1-2,5-10,15,20,22,24-25,35-36H,3-4,11-14,16H2,(H,33,37)/t20-,22+,24-,25-/m0/s1. The highest BCUT2D eigenvalue weighted by atomic mass is 127. The minimum atomic E-state index is -4.56. The Balaban J connectivity index is 1.69. The second kappa shape index (κ2) is 13.3. The van der Waals surface area contributed by atoms with Crippen LogP contribution in [0.3, 0.4) is 0 Å². The molecule has 1 fully saturated rings. The van der Waals surface area contributed by atoms with Gasteiger partial charge < -0.3 is 29.9 Å². The molecule has 40 heavy (non-hydrogen) atoms. The number of amides is 2. The predicted molar refractivity (Wildman–Crippen MR) is 148 cm³/mol. The molecule has 12 heteroatoms. The number of hydrogen-bond acceptors (Lipinski definition) is 6. The van der Waals surface area contributed by atoms with E-state index < -0.39 is 41.8 Å². The zero-order valence-electron chi connectivity index (χ0n) is 21.4. The molecule has 1 saturated heterocycles. The molecule has 2 aromatic rings. The molecule has 4 atom stereocenters. The summed E-state index contributed by atoms with van der Waals surface area (Å²) in [4.78, 5) is 28.1. The SMILES string of the molecule is O=C(NCCO)C1=C[C@H](Oc2ccccc2I)[C@@H](O)[C@H](N(C[C@@H]2CCCO2)C(=O)c2ccc(C(F)(F)F)cc2)C1. The first-order chi connectivity index (χ1) is 19.1. The van der Waals surface area contributed by atoms with E-state index in [2.05, 4.69) is 27.9 Å². The van der Waals surface area contributed by atoms with Gasteiger partial charge in [-0.25, -0.2) is 0 Å². The van der Waals surface area contributed by atoms with Gasteiger partial charge in [-0.2, -0.15) is 13.2 Å². The van der Waals surface area contributed by atoms with Crippen molar-refractivity contribution in [3.05, 3.63) is 74.9 Å². The van der Waals surface area contributed by atoms with E-state index in [9.17, 15) is 27.9 Å². The molecule has 2 aliphatic rings. The first-order valence-corrected chi connectivity index (χ1v) is 13.9. The Morgan fingerprint density at radius 2 is 1.88 bits per heavy atom. The largest absolute Gasteiger partial charge is 0.482 e. The lowest BCUT2D eigenvalue weighted by Gasteiger charge is -2.41. The fourth-order valence-electron chi connectivity index (χ4n) is 4.81. The Kier molecular flexibility index (Phi) is 10.1. The van der Waals surface area contributed by atoms with Gasteiger partial charge in [0.05, 0.1) is 27.9 Å². The maximum atomic E-state index is 13.8. The van der Waals surface area contributed by atoms with Crippen molar-refractivity contribution in [3.63, 3.8) is 0 Å². The van der Waals surface area contributed by atoms with Crippen molar-refractivity contribution in [3.8, 4) is 5.75 Å². The zero-order valence-corrected chi connectivity index (χ0v) is 23.6. The summed E-state index contributed by atoms with van der Waals surface area (Å²) in [5, 5.41) is 23.3. The number of nitrogens with zero attached hydrogens (tertiary/aromatic N) is 1. The number of halogens is 4. The van der Waals surface area contributed by atoms with Gasteiger partial charge in [-0.3, -0.25) is 9.59 Å². The van der Waals surface area contributed by atoms with E-state index in [-0.39, 0.29) is 43.4 Å². The number of aliphatic hydroxyl groups is 2. The maximum Gasteiger partial charge on any atom is 0.416 e. The van der Waals surface area contributed by atoms with Crippen LogP contribution in [0.5, 0.6) is 5.75 Å². The highest BCUT2D eigenvalue weighted by Gasteiger charge is 2.42. The Hall–Kier alpha value is -2.68. The molecule has 2 amide bonds. The third kappa shape index (κ3) is 7.33. The lowest BCUT2D eigenvalue weighted by Crippen LogP contribution is -2.56. The molecule has 0 saturated carbocycles. The summed E-state index contributed by atoms with van der Waals surface area (Å²) >= 11 is 2.08. The topological polar surface area (TPSA) is 108 Å². The average molecular weight is 674 g/mol. The van der Waals surface area contributed by atoms with Gasteiger partial charge in [0.2, 0.25) is 5.91 Å². The molecule has 0 bridgehead atoms. The van der Waals surface area contributed by atoms with Gasteiger partial charge in [-0.15, -0.1) is 0 Å². The zero-order chi connectivity index (χ0) is 28.9. The molecule has 4 rings (SSSR count). The number of rotatable bonds is 9. The Morgan fingerprint density at radius 3 is 2.50 bits per heavy atom. The molecule has 0 spiro atoms. The number of carbonyl (C=O) groups excluding carboxylic acids is 2. The van der Waals surface area contributed by atoms with Crippen LogP contribution in [0, 0.1) is 3.57 Å². The van der Waals surface area contributed by atoms with E-state index in [4.69, 9.17) is 14.6 Å². The summed E-state index contributed by atoms with van der Waals surface area (Å²) in [6.45, 7) is 0.316. The normalized spacial score (nSPS) is 22.9. The maximum absolute atomic E-state index is 13.8. The smallest absolute Gasteiger partial charge is 0.416 e. The molecule has 1 aliphatic heterocycles. The molecule has 0 radical (unpaired) electrons. The lowest BCUT2D eigenvalue weighted by molar-refractivity contribution is -0.137. The number of para-hydroxylation sites is 1. The van der Waals surface area contributed by atoms with Crippen LogP contribution >= 0.6 is 22.6 Å².